The molecule has 3 N–H and O–H groups in total. The highest BCUT2D eigenvalue weighted by Gasteiger charge is 2.32. The van der Waals surface area contributed by atoms with E-state index in [-0.39, 0.29) is 17.5 Å². The first kappa shape index (κ1) is 17.9. The van der Waals surface area contributed by atoms with Crippen LogP contribution in [0.1, 0.15) is 48.0 Å². The molecule has 0 radical (unpaired) electrons. The van der Waals surface area contributed by atoms with E-state index in [4.69, 9.17) is 10.5 Å². The third-order valence-electron chi connectivity index (χ3n) is 5.85. The van der Waals surface area contributed by atoms with Gasteiger partial charge in [-0.3, -0.25) is 9.20 Å². The van der Waals surface area contributed by atoms with E-state index in [1.54, 1.807) is 19.4 Å². The van der Waals surface area contributed by atoms with Crippen molar-refractivity contribution in [1.82, 2.24) is 4.40 Å². The van der Waals surface area contributed by atoms with Gasteiger partial charge in [0.1, 0.15) is 5.56 Å². The molecular weight excluding hydrogens is 346 g/mol. The zero-order valence-electron chi connectivity index (χ0n) is 15.6. The fraction of sp³-hybridized carbons (Fsp3) is 0.500. The van der Waals surface area contributed by atoms with Crippen LogP contribution in [0.4, 0.5) is 5.69 Å². The monoisotopic (exact) mass is 371 g/mol. The number of pyridine rings is 2. The summed E-state index contributed by atoms with van der Waals surface area (Å²) in [6.07, 6.45) is 4.69. The average Bonchev–Trinajstić information content (AvgIpc) is 3.36. The van der Waals surface area contributed by atoms with Crippen molar-refractivity contribution in [3.8, 4) is 5.75 Å². The number of anilines is 1. The number of carbonyl (C=O) groups is 1. The lowest BCUT2D eigenvalue weighted by molar-refractivity contribution is 0.0694. The van der Waals surface area contributed by atoms with Gasteiger partial charge in [0, 0.05) is 25.3 Å². The van der Waals surface area contributed by atoms with Crippen LogP contribution in [0.25, 0.3) is 5.52 Å². The predicted molar refractivity (Wildman–Crippen MR) is 103 cm³/mol. The highest BCUT2D eigenvalue weighted by atomic mass is 16.5. The molecule has 2 atom stereocenters. The molecule has 0 bridgehead atoms. The van der Waals surface area contributed by atoms with E-state index in [1.807, 2.05) is 13.0 Å². The van der Waals surface area contributed by atoms with Crippen LogP contribution in [-0.4, -0.2) is 41.7 Å². The quantitative estimate of drug-likeness (QED) is 0.835. The number of methoxy groups -OCH3 is 1. The van der Waals surface area contributed by atoms with E-state index in [1.165, 1.54) is 4.40 Å². The molecule has 0 spiro atoms. The summed E-state index contributed by atoms with van der Waals surface area (Å²) in [7, 11) is 1.60. The van der Waals surface area contributed by atoms with Gasteiger partial charge in [-0.05, 0) is 55.7 Å². The minimum absolute atomic E-state index is 0.129. The molecular formula is C20H25N3O4. The Morgan fingerprint density at radius 1 is 1.37 bits per heavy atom. The van der Waals surface area contributed by atoms with Gasteiger partial charge >= 0.3 is 5.97 Å². The molecule has 3 heterocycles. The van der Waals surface area contributed by atoms with Crippen molar-refractivity contribution in [2.45, 2.75) is 38.1 Å². The van der Waals surface area contributed by atoms with Gasteiger partial charge in [0.15, 0.2) is 5.75 Å². The van der Waals surface area contributed by atoms with Crippen LogP contribution in [0.2, 0.25) is 0 Å². The summed E-state index contributed by atoms with van der Waals surface area (Å²) < 4.78 is 7.19. The number of nitrogens with two attached hydrogens (primary N) is 1. The van der Waals surface area contributed by atoms with E-state index >= 15 is 0 Å². The average molecular weight is 371 g/mol. The van der Waals surface area contributed by atoms with Crippen LogP contribution in [0.3, 0.4) is 0 Å². The lowest BCUT2D eigenvalue weighted by Gasteiger charge is -2.24. The normalized spacial score (nSPS) is 20.9. The summed E-state index contributed by atoms with van der Waals surface area (Å²) in [5.74, 6) is 0.140. The molecule has 0 amide bonds. The van der Waals surface area contributed by atoms with Crippen molar-refractivity contribution in [3.05, 3.63) is 39.8 Å². The summed E-state index contributed by atoms with van der Waals surface area (Å²) in [6.45, 7) is 3.76. The van der Waals surface area contributed by atoms with E-state index in [0.29, 0.717) is 17.2 Å². The molecule has 1 saturated heterocycles. The lowest BCUT2D eigenvalue weighted by Crippen LogP contribution is -2.30. The van der Waals surface area contributed by atoms with Crippen LogP contribution in [0.15, 0.2) is 23.1 Å². The van der Waals surface area contributed by atoms with Gasteiger partial charge < -0.3 is 20.5 Å². The number of fused-ring (bicyclic) bond motifs is 1. The number of rotatable bonds is 5. The SMILES string of the molecule is COc1c(N2CC[C@@H]([C@H](C)N)C2)ccn2c(=O)c(C(=O)O)cc(C3CC3)c12. The number of aromatic nitrogens is 1. The maximum absolute atomic E-state index is 12.7. The molecule has 7 nitrogen and oxygen atoms in total. The first-order valence-corrected chi connectivity index (χ1v) is 9.42. The molecule has 2 fully saturated rings. The Kier molecular flexibility index (Phi) is 4.34. The van der Waals surface area contributed by atoms with Gasteiger partial charge in [0.05, 0.1) is 18.3 Å². The first-order chi connectivity index (χ1) is 12.9. The minimum atomic E-state index is -1.20. The van der Waals surface area contributed by atoms with Crippen molar-refractivity contribution in [1.29, 1.82) is 0 Å². The summed E-state index contributed by atoms with van der Waals surface area (Å²) in [5, 5.41) is 9.42. The molecule has 1 aliphatic carbocycles. The number of hydrogen-bond acceptors (Lipinski definition) is 5. The Morgan fingerprint density at radius 2 is 2.11 bits per heavy atom. The van der Waals surface area contributed by atoms with E-state index in [0.717, 1.165) is 43.6 Å². The van der Waals surface area contributed by atoms with Gasteiger partial charge in [-0.25, -0.2) is 4.79 Å². The van der Waals surface area contributed by atoms with Gasteiger partial charge in [-0.1, -0.05) is 0 Å². The molecule has 0 unspecified atom stereocenters. The molecule has 2 aromatic rings. The number of nitrogens with zero attached hydrogens (tertiary/aromatic N) is 2. The fourth-order valence-electron chi connectivity index (χ4n) is 4.13. The lowest BCUT2D eigenvalue weighted by atomic mass is 10.0. The van der Waals surface area contributed by atoms with E-state index in [9.17, 15) is 14.7 Å². The zero-order valence-corrected chi connectivity index (χ0v) is 15.6. The van der Waals surface area contributed by atoms with Crippen molar-refractivity contribution >= 4 is 17.2 Å². The predicted octanol–water partition coefficient (Wildman–Crippen LogP) is 2.06. The molecule has 4 rings (SSSR count). The molecule has 0 aromatic carbocycles. The van der Waals surface area contributed by atoms with Crippen LogP contribution >= 0.6 is 0 Å². The van der Waals surface area contributed by atoms with Crippen LogP contribution in [0, 0.1) is 5.92 Å². The summed E-state index contributed by atoms with van der Waals surface area (Å²) in [4.78, 5) is 26.5. The zero-order chi connectivity index (χ0) is 19.3. The number of carboxylic acids is 1. The van der Waals surface area contributed by atoms with Crippen LogP contribution in [-0.2, 0) is 0 Å². The highest BCUT2D eigenvalue weighted by molar-refractivity contribution is 5.89. The Morgan fingerprint density at radius 3 is 2.67 bits per heavy atom. The Bertz CT molecular complexity index is 962. The first-order valence-electron chi connectivity index (χ1n) is 9.42. The van der Waals surface area contributed by atoms with E-state index < -0.39 is 11.5 Å². The number of hydrogen-bond donors (Lipinski definition) is 2. The second-order valence-electron chi connectivity index (χ2n) is 7.70. The van der Waals surface area contributed by atoms with Crippen molar-refractivity contribution in [2.24, 2.45) is 11.7 Å². The Balaban J connectivity index is 1.91. The van der Waals surface area contributed by atoms with Crippen molar-refractivity contribution < 1.29 is 14.6 Å². The maximum atomic E-state index is 12.7. The molecule has 1 saturated carbocycles. The molecule has 144 valence electrons. The van der Waals surface area contributed by atoms with Crippen molar-refractivity contribution in [2.75, 3.05) is 25.1 Å². The summed E-state index contributed by atoms with van der Waals surface area (Å²) in [6, 6.07) is 3.52. The van der Waals surface area contributed by atoms with Gasteiger partial charge in [0.2, 0.25) is 0 Å². The molecule has 7 heteroatoms. The largest absolute Gasteiger partial charge is 0.492 e. The topological polar surface area (TPSA) is 97.3 Å². The number of carboxylic acid groups (broad SMARTS) is 1. The van der Waals surface area contributed by atoms with Gasteiger partial charge in [-0.15, -0.1) is 0 Å². The van der Waals surface area contributed by atoms with Crippen molar-refractivity contribution in [3.63, 3.8) is 0 Å². The second-order valence-corrected chi connectivity index (χ2v) is 7.70. The minimum Gasteiger partial charge on any atom is -0.492 e. The van der Waals surface area contributed by atoms with Gasteiger partial charge in [-0.2, -0.15) is 0 Å². The molecule has 27 heavy (non-hydrogen) atoms. The van der Waals surface area contributed by atoms with Crippen LogP contribution < -0.4 is 20.9 Å². The van der Waals surface area contributed by atoms with E-state index in [2.05, 4.69) is 4.90 Å². The third-order valence-corrected chi connectivity index (χ3v) is 5.85. The number of ether oxygens (including phenoxy) is 1. The van der Waals surface area contributed by atoms with Crippen LogP contribution in [0.5, 0.6) is 5.75 Å². The third kappa shape index (κ3) is 2.96. The number of aromatic carboxylic acids is 1. The summed E-state index contributed by atoms with van der Waals surface area (Å²) >= 11 is 0. The fourth-order valence-corrected chi connectivity index (χ4v) is 4.13. The second kappa shape index (κ2) is 6.56. The molecule has 2 aromatic heterocycles. The highest BCUT2D eigenvalue weighted by Crippen LogP contribution is 2.46. The van der Waals surface area contributed by atoms with Gasteiger partial charge in [0.25, 0.3) is 5.56 Å². The maximum Gasteiger partial charge on any atom is 0.341 e. The molecule has 2 aliphatic rings. The Hall–Kier alpha value is -2.54. The summed E-state index contributed by atoms with van der Waals surface area (Å²) in [5.41, 5.74) is 7.87. The molecule has 1 aliphatic heterocycles. The Labute approximate surface area is 157 Å². The standard InChI is InChI=1S/C20H25N3O4/c1-11(21)13-5-7-22(10-13)16-6-8-23-17(18(16)27-2)14(12-3-4-12)9-15(19(23)24)20(25)26/h6,8-9,11-13H,3-5,7,10,21H2,1-2H3,(H,25,26)/t11-,13+/m0/s1. The smallest absolute Gasteiger partial charge is 0.341 e.